The summed E-state index contributed by atoms with van der Waals surface area (Å²) >= 11 is 7.41. The highest BCUT2D eigenvalue weighted by atomic mass is 35.5. The summed E-state index contributed by atoms with van der Waals surface area (Å²) in [5.74, 6) is 6.45. The van der Waals surface area contributed by atoms with Crippen LogP contribution in [0.1, 0.15) is 20.3 Å². The number of aromatic nitrogens is 3. The molecular formula is C14H18ClN5OS. The molecule has 0 bridgehead atoms. The van der Waals surface area contributed by atoms with Crippen LogP contribution in [0.4, 0.5) is 0 Å². The molecule has 1 aromatic carbocycles. The lowest BCUT2D eigenvalue weighted by Gasteiger charge is -2.11. The molecule has 0 unspecified atom stereocenters. The van der Waals surface area contributed by atoms with Crippen LogP contribution in [0.3, 0.4) is 0 Å². The van der Waals surface area contributed by atoms with Gasteiger partial charge in [-0.05, 0) is 25.5 Å². The second kappa shape index (κ2) is 7.51. The second-order valence-corrected chi connectivity index (χ2v) is 6.42. The molecule has 0 aliphatic carbocycles. The number of benzene rings is 1. The predicted molar refractivity (Wildman–Crippen MR) is 89.2 cm³/mol. The first kappa shape index (κ1) is 16.6. The molecule has 2 aromatic rings. The molecule has 0 saturated heterocycles. The van der Waals surface area contributed by atoms with Crippen LogP contribution >= 0.6 is 23.4 Å². The van der Waals surface area contributed by atoms with Gasteiger partial charge >= 0.3 is 0 Å². The summed E-state index contributed by atoms with van der Waals surface area (Å²) in [6.07, 6.45) is 0.896. The van der Waals surface area contributed by atoms with Crippen molar-refractivity contribution in [1.82, 2.24) is 20.2 Å². The number of hydrogen-bond acceptors (Lipinski definition) is 5. The maximum Gasteiger partial charge on any atom is 0.233 e. The molecule has 0 fully saturated rings. The van der Waals surface area contributed by atoms with Gasteiger partial charge in [0.2, 0.25) is 11.1 Å². The van der Waals surface area contributed by atoms with Crippen molar-refractivity contribution in [3.05, 3.63) is 29.3 Å². The van der Waals surface area contributed by atoms with E-state index >= 15 is 0 Å². The topological polar surface area (TPSA) is 85.8 Å². The molecule has 1 heterocycles. The van der Waals surface area contributed by atoms with Crippen molar-refractivity contribution in [3.8, 4) is 11.4 Å². The predicted octanol–water partition coefficient (Wildman–Crippen LogP) is 2.32. The third kappa shape index (κ3) is 3.72. The van der Waals surface area contributed by atoms with Crippen LogP contribution in [-0.4, -0.2) is 32.6 Å². The molecule has 0 aliphatic rings. The molecule has 0 saturated carbocycles. The number of carbonyl (C=O) groups excluding carboxylic acids is 1. The highest BCUT2D eigenvalue weighted by Gasteiger charge is 2.20. The molecule has 2 rings (SSSR count). The number of amides is 1. The first-order valence-corrected chi connectivity index (χ1v) is 8.20. The average Bonchev–Trinajstić information content (AvgIpc) is 2.86. The van der Waals surface area contributed by atoms with Crippen molar-refractivity contribution >= 4 is 29.3 Å². The number of rotatable bonds is 6. The van der Waals surface area contributed by atoms with Gasteiger partial charge in [0, 0.05) is 12.1 Å². The summed E-state index contributed by atoms with van der Waals surface area (Å²) in [7, 11) is 0. The van der Waals surface area contributed by atoms with Crippen molar-refractivity contribution in [2.45, 2.75) is 30.7 Å². The van der Waals surface area contributed by atoms with Crippen molar-refractivity contribution in [2.75, 3.05) is 12.4 Å². The number of carbonyl (C=O) groups is 1. The van der Waals surface area contributed by atoms with Gasteiger partial charge in [-0.15, -0.1) is 10.2 Å². The van der Waals surface area contributed by atoms with Crippen molar-refractivity contribution in [2.24, 2.45) is 0 Å². The standard InChI is InChI=1S/C14H18ClN5OS/c1-3-8-17-13(21)9(2)22-14-19-18-12(20(14)16)10-6-4-5-7-11(10)15/h4-7,9H,3,8,16H2,1-2H3,(H,17,21)/t9-/m1/s1. The molecule has 3 N–H and O–H groups in total. The van der Waals surface area contributed by atoms with Gasteiger partial charge in [0.15, 0.2) is 5.82 Å². The molecular weight excluding hydrogens is 322 g/mol. The lowest BCUT2D eigenvalue weighted by atomic mass is 10.2. The summed E-state index contributed by atoms with van der Waals surface area (Å²) in [5, 5.41) is 11.7. The average molecular weight is 340 g/mol. The van der Waals surface area contributed by atoms with Gasteiger partial charge in [0.1, 0.15) is 0 Å². The third-order valence-electron chi connectivity index (χ3n) is 2.98. The Labute approximate surface area is 138 Å². The number of thioether (sulfide) groups is 1. The van der Waals surface area contributed by atoms with Gasteiger partial charge in [-0.3, -0.25) is 4.79 Å². The number of nitrogens with two attached hydrogens (primary N) is 1. The Hall–Kier alpha value is -1.73. The second-order valence-electron chi connectivity index (χ2n) is 4.71. The lowest BCUT2D eigenvalue weighted by Crippen LogP contribution is -2.31. The van der Waals surface area contributed by atoms with E-state index in [0.29, 0.717) is 28.1 Å². The zero-order valence-electron chi connectivity index (χ0n) is 12.4. The molecule has 6 nitrogen and oxygen atoms in total. The van der Waals surface area contributed by atoms with Crippen LogP contribution in [0.25, 0.3) is 11.4 Å². The minimum absolute atomic E-state index is 0.0471. The van der Waals surface area contributed by atoms with Gasteiger partial charge in [-0.2, -0.15) is 0 Å². The molecule has 1 atom stereocenters. The van der Waals surface area contributed by atoms with Gasteiger partial charge < -0.3 is 11.2 Å². The summed E-state index contributed by atoms with van der Waals surface area (Å²) in [5.41, 5.74) is 0.703. The van der Waals surface area contributed by atoms with E-state index in [1.807, 2.05) is 25.1 Å². The third-order valence-corrected chi connectivity index (χ3v) is 4.37. The summed E-state index contributed by atoms with van der Waals surface area (Å²) in [6, 6.07) is 7.27. The van der Waals surface area contributed by atoms with E-state index in [0.717, 1.165) is 6.42 Å². The van der Waals surface area contributed by atoms with E-state index in [4.69, 9.17) is 17.4 Å². The number of nitrogens with one attached hydrogen (secondary N) is 1. The van der Waals surface area contributed by atoms with Gasteiger partial charge in [0.05, 0.1) is 10.3 Å². The molecule has 1 aromatic heterocycles. The number of hydrogen-bond donors (Lipinski definition) is 2. The molecule has 118 valence electrons. The van der Waals surface area contributed by atoms with Crippen LogP contribution in [-0.2, 0) is 4.79 Å². The Balaban J connectivity index is 2.15. The maximum absolute atomic E-state index is 11.9. The minimum Gasteiger partial charge on any atom is -0.355 e. The molecule has 1 amide bonds. The lowest BCUT2D eigenvalue weighted by molar-refractivity contribution is -0.120. The number of nitrogens with zero attached hydrogens (tertiary/aromatic N) is 3. The highest BCUT2D eigenvalue weighted by molar-refractivity contribution is 8.00. The van der Waals surface area contributed by atoms with Crippen molar-refractivity contribution < 1.29 is 4.79 Å². The Morgan fingerprint density at radius 1 is 1.45 bits per heavy atom. The number of nitrogen functional groups attached to an aromatic ring is 1. The smallest absolute Gasteiger partial charge is 0.233 e. The fourth-order valence-corrected chi connectivity index (χ4v) is 2.80. The Kier molecular flexibility index (Phi) is 5.68. The Morgan fingerprint density at radius 3 is 2.86 bits per heavy atom. The summed E-state index contributed by atoms with van der Waals surface area (Å²) in [6.45, 7) is 4.47. The van der Waals surface area contributed by atoms with Gasteiger partial charge in [-0.1, -0.05) is 42.4 Å². The molecule has 0 radical (unpaired) electrons. The van der Waals surface area contributed by atoms with E-state index in [1.54, 1.807) is 13.0 Å². The van der Waals surface area contributed by atoms with E-state index in [1.165, 1.54) is 16.4 Å². The maximum atomic E-state index is 11.9. The number of halogens is 1. The van der Waals surface area contributed by atoms with Gasteiger partial charge in [0.25, 0.3) is 0 Å². The first-order valence-electron chi connectivity index (χ1n) is 6.94. The van der Waals surface area contributed by atoms with Crippen molar-refractivity contribution in [3.63, 3.8) is 0 Å². The normalized spacial score (nSPS) is 12.1. The summed E-state index contributed by atoms with van der Waals surface area (Å²) in [4.78, 5) is 11.9. The van der Waals surface area contributed by atoms with E-state index in [9.17, 15) is 4.79 Å². The van der Waals surface area contributed by atoms with Crippen LogP contribution in [0.5, 0.6) is 0 Å². The Morgan fingerprint density at radius 2 is 2.18 bits per heavy atom. The zero-order chi connectivity index (χ0) is 16.1. The Bertz CT molecular complexity index is 660. The van der Waals surface area contributed by atoms with Crippen LogP contribution in [0.2, 0.25) is 5.02 Å². The quantitative estimate of drug-likeness (QED) is 0.623. The zero-order valence-corrected chi connectivity index (χ0v) is 14.0. The van der Waals surface area contributed by atoms with Crippen LogP contribution < -0.4 is 11.2 Å². The largest absolute Gasteiger partial charge is 0.355 e. The van der Waals surface area contributed by atoms with Crippen molar-refractivity contribution in [1.29, 1.82) is 0 Å². The molecule has 0 spiro atoms. The van der Waals surface area contributed by atoms with Crippen LogP contribution in [0.15, 0.2) is 29.4 Å². The molecule has 8 heteroatoms. The minimum atomic E-state index is -0.308. The summed E-state index contributed by atoms with van der Waals surface area (Å²) < 4.78 is 1.36. The van der Waals surface area contributed by atoms with E-state index in [2.05, 4.69) is 15.5 Å². The van der Waals surface area contributed by atoms with E-state index in [-0.39, 0.29) is 11.2 Å². The fourth-order valence-electron chi connectivity index (χ4n) is 1.79. The highest BCUT2D eigenvalue weighted by Crippen LogP contribution is 2.28. The first-order chi connectivity index (χ1) is 10.5. The van der Waals surface area contributed by atoms with E-state index < -0.39 is 0 Å². The monoisotopic (exact) mass is 339 g/mol. The fraction of sp³-hybridized carbons (Fsp3) is 0.357. The van der Waals surface area contributed by atoms with Crippen LogP contribution in [0, 0.1) is 0 Å². The molecule has 22 heavy (non-hydrogen) atoms. The SMILES string of the molecule is CCCNC(=O)[C@@H](C)Sc1nnc(-c2ccccc2Cl)n1N. The van der Waals surface area contributed by atoms with Gasteiger partial charge in [-0.25, -0.2) is 4.68 Å². The molecule has 0 aliphatic heterocycles.